The van der Waals surface area contributed by atoms with Crippen LogP contribution >= 0.6 is 0 Å². The van der Waals surface area contributed by atoms with E-state index in [1.807, 2.05) is 95.7 Å². The minimum atomic E-state index is -1.21. The predicted molar refractivity (Wildman–Crippen MR) is 200 cm³/mol. The van der Waals surface area contributed by atoms with Crippen molar-refractivity contribution in [3.05, 3.63) is 95.8 Å². The Labute approximate surface area is 310 Å². The van der Waals surface area contributed by atoms with Crippen LogP contribution in [0.25, 0.3) is 68.9 Å². The second-order valence-electron chi connectivity index (χ2n) is 13.2. The summed E-state index contributed by atoms with van der Waals surface area (Å²) >= 11 is 0. The van der Waals surface area contributed by atoms with Gasteiger partial charge in [0.2, 0.25) is 0 Å². The molecule has 0 spiro atoms. The normalized spacial score (nSPS) is 12.2. The van der Waals surface area contributed by atoms with E-state index in [0.29, 0.717) is 25.7 Å². The smallest absolute Gasteiger partial charge is 0.657 e. The number of carbonyl (C=O) groups excluding carboxylic acids is 1. The summed E-state index contributed by atoms with van der Waals surface area (Å²) in [5.74, 6) is 0.899. The van der Waals surface area contributed by atoms with Gasteiger partial charge in [-0.15, -0.1) is 22.1 Å². The molecule has 0 aliphatic carbocycles. The van der Waals surface area contributed by atoms with Crippen molar-refractivity contribution in [1.82, 2.24) is 29.5 Å². The minimum absolute atomic E-state index is 0. The summed E-state index contributed by atoms with van der Waals surface area (Å²) in [4.78, 5) is 36.6. The number of benzene rings is 1. The molecule has 5 aromatic rings. The van der Waals surface area contributed by atoms with Gasteiger partial charge in [-0.25, -0.2) is 19.7 Å². The van der Waals surface area contributed by atoms with E-state index in [2.05, 4.69) is 19.6 Å². The third-order valence-corrected chi connectivity index (χ3v) is 9.94. The molecule has 2 aliphatic rings. The number of nitrogens with zero attached hydrogens (tertiary/aromatic N) is 6. The molecular weight excluding hydrogens is 710 g/mol. The summed E-state index contributed by atoms with van der Waals surface area (Å²) in [6.07, 6.45) is 11.7. The molecule has 1 aromatic carbocycles. The number of hydrogen-bond acceptors (Lipinski definition) is 7. The molecule has 6 heterocycles. The van der Waals surface area contributed by atoms with Gasteiger partial charge in [0.1, 0.15) is 18.3 Å². The fraction of sp³-hybridized carbons (Fsp3) is 0.231. The summed E-state index contributed by atoms with van der Waals surface area (Å²) in [6.45, 7) is 10.1. The van der Waals surface area contributed by atoms with Crippen LogP contribution in [0.2, 0.25) is 25.7 Å². The minimum Gasteiger partial charge on any atom is -0.657 e. The molecule has 7 rings (SSSR count). The quantitative estimate of drug-likeness (QED) is 0.0746. The zero-order valence-electron chi connectivity index (χ0n) is 29.3. The fourth-order valence-electron chi connectivity index (χ4n) is 5.73. The molecule has 51 heavy (non-hydrogen) atoms. The molecule has 0 fully saturated rings. The van der Waals surface area contributed by atoms with Gasteiger partial charge >= 0.3 is 25.4 Å². The van der Waals surface area contributed by atoms with Gasteiger partial charge in [-0.2, -0.15) is 0 Å². The zero-order chi connectivity index (χ0) is 34.7. The van der Waals surface area contributed by atoms with Gasteiger partial charge in [0, 0.05) is 32.6 Å². The summed E-state index contributed by atoms with van der Waals surface area (Å²) in [7, 11) is -1.21. The average Bonchev–Trinajstić information content (AvgIpc) is 3.93. The van der Waals surface area contributed by atoms with Gasteiger partial charge in [0.25, 0.3) is 0 Å². The molecule has 12 heteroatoms. The van der Waals surface area contributed by atoms with E-state index in [1.54, 1.807) is 13.1 Å². The van der Waals surface area contributed by atoms with Crippen LogP contribution in [0.4, 0.5) is 0 Å². The van der Waals surface area contributed by atoms with E-state index < -0.39 is 14.0 Å². The second-order valence-corrected chi connectivity index (χ2v) is 18.9. The first-order valence-electron chi connectivity index (χ1n) is 16.7. The monoisotopic (exact) mass is 746 g/mol. The molecule has 0 N–H and O–H groups in total. The van der Waals surface area contributed by atoms with E-state index >= 15 is 0 Å². The van der Waals surface area contributed by atoms with Crippen molar-refractivity contribution in [3.63, 3.8) is 0 Å². The third kappa shape index (κ3) is 8.53. The summed E-state index contributed by atoms with van der Waals surface area (Å²) in [6, 6.07) is 20.5. The first-order valence-corrected chi connectivity index (χ1v) is 20.4. The van der Waals surface area contributed by atoms with Gasteiger partial charge in [-0.1, -0.05) is 68.2 Å². The van der Waals surface area contributed by atoms with E-state index in [4.69, 9.17) is 39.1 Å². The van der Waals surface area contributed by atoms with E-state index in [-0.39, 0.29) is 26.1 Å². The maximum Gasteiger partial charge on any atom is 2.00 e. The van der Waals surface area contributed by atoms with Crippen LogP contribution in [0.5, 0.6) is 5.75 Å². The number of hydrogen-bond donors (Lipinski definition) is 0. The maximum atomic E-state index is 11.8. The topological polar surface area (TPSA) is 117 Å². The van der Waals surface area contributed by atoms with Crippen molar-refractivity contribution in [3.8, 4) is 28.3 Å². The summed E-state index contributed by atoms with van der Waals surface area (Å²) in [5, 5.41) is 0. The Morgan fingerprint density at radius 3 is 2.04 bits per heavy atom. The summed E-state index contributed by atoms with van der Waals surface area (Å²) < 4.78 is 18.7. The molecule has 0 unspecified atom stereocenters. The first kappa shape index (κ1) is 35.9. The maximum absolute atomic E-state index is 11.8. The molecule has 0 amide bonds. The van der Waals surface area contributed by atoms with Crippen LogP contribution in [-0.2, 0) is 40.5 Å². The number of esters is 1. The van der Waals surface area contributed by atoms with Crippen molar-refractivity contribution in [2.45, 2.75) is 39.3 Å². The summed E-state index contributed by atoms with van der Waals surface area (Å²) in [5.41, 5.74) is 8.78. The first-order chi connectivity index (χ1) is 24.2. The Kier molecular flexibility index (Phi) is 11.0. The van der Waals surface area contributed by atoms with Gasteiger partial charge < -0.3 is 28.7 Å². The van der Waals surface area contributed by atoms with Gasteiger partial charge in [-0.3, -0.25) is 0 Å². The molecular formula is C39H38N6O4SiZn. The Morgan fingerprint density at radius 1 is 0.824 bits per heavy atom. The number of rotatable bonds is 11. The molecule has 4 aromatic heterocycles. The number of ether oxygens (including phenoxy) is 3. The van der Waals surface area contributed by atoms with Gasteiger partial charge in [-0.05, 0) is 60.5 Å². The fourth-order valence-corrected chi connectivity index (χ4v) is 6.48. The van der Waals surface area contributed by atoms with Crippen molar-refractivity contribution in [2.24, 2.45) is 0 Å². The van der Waals surface area contributed by atoms with Crippen LogP contribution in [0.1, 0.15) is 29.7 Å². The van der Waals surface area contributed by atoms with Crippen LogP contribution in [0.3, 0.4) is 0 Å². The molecule has 0 atom stereocenters. The molecule has 0 radical (unpaired) electrons. The Morgan fingerprint density at radius 2 is 1.45 bits per heavy atom. The molecule has 0 saturated heterocycles. The Bertz CT molecular complexity index is 2170. The van der Waals surface area contributed by atoms with Crippen LogP contribution in [0.15, 0.2) is 73.1 Å². The molecule has 2 aliphatic heterocycles. The van der Waals surface area contributed by atoms with Crippen LogP contribution < -0.4 is 14.7 Å². The van der Waals surface area contributed by atoms with E-state index in [0.717, 1.165) is 73.4 Å². The van der Waals surface area contributed by atoms with Gasteiger partial charge in [0.15, 0.2) is 6.61 Å². The van der Waals surface area contributed by atoms with Crippen molar-refractivity contribution in [1.29, 1.82) is 0 Å². The number of carbonyl (C=O) groups is 1. The Balaban J connectivity index is 0.00000448. The SMILES string of the molecule is CCOC(=O)COc1ccc(-c2c3nc(cc4ccc([n-]4)c(-c4nccn4COCC[Si](C)(C)C)c4ccc(cc5nc2C=C5)[n-]4)C=C3)cc1.[Zn+2]. The third-order valence-electron chi connectivity index (χ3n) is 8.23. The molecule has 254 valence electrons. The Hall–Kier alpha value is -4.90. The predicted octanol–water partition coefficient (Wildman–Crippen LogP) is 7.70. The zero-order valence-corrected chi connectivity index (χ0v) is 33.3. The largest absolute Gasteiger partial charge is 2.00 e. The van der Waals surface area contributed by atoms with E-state index in [1.165, 1.54) is 0 Å². The molecule has 8 bridgehead atoms. The van der Waals surface area contributed by atoms with Gasteiger partial charge in [0.05, 0.1) is 29.4 Å². The van der Waals surface area contributed by atoms with E-state index in [9.17, 15) is 4.79 Å². The standard InChI is InChI=1S/C39H38N6O4Si.Zn/c1-5-48-36(46)24-49-31-12-6-26(7-13-31)37-32-14-8-27(41-32)22-29-10-16-34(43-29)38(35-17-11-30(44-35)23-28-9-15-33(37)42-28)39-40-18-19-45(39)25-47-20-21-50(2,3)4;/h6-19,22-23H,5,20-21,24-25H2,1-4H3;/q-2;+2. The second kappa shape index (κ2) is 15.6. The molecule has 0 saturated carbocycles. The number of fused-ring (bicyclic) bond motifs is 8. The number of aromatic nitrogens is 6. The van der Waals surface area contributed by atoms with Crippen LogP contribution in [-0.4, -0.2) is 53.4 Å². The van der Waals surface area contributed by atoms with Crippen molar-refractivity contribution < 1.29 is 38.5 Å². The van der Waals surface area contributed by atoms with Crippen molar-refractivity contribution >= 4 is 60.4 Å². The number of imidazole rings is 1. The van der Waals surface area contributed by atoms with Crippen molar-refractivity contribution in [2.75, 3.05) is 19.8 Å². The average molecular weight is 748 g/mol. The van der Waals surface area contributed by atoms with Crippen LogP contribution in [0, 0.1) is 0 Å². The molecule has 10 nitrogen and oxygen atoms in total.